The molecule has 0 saturated heterocycles. The van der Waals surface area contributed by atoms with Crippen LogP contribution in [0.25, 0.3) is 27.7 Å². The number of nitrogens with two attached hydrogens (primary N) is 1. The Hall–Kier alpha value is -3.85. The number of aromatic nitrogens is 3. The lowest BCUT2D eigenvalue weighted by molar-refractivity contribution is 0.598. The molecule has 0 aliphatic heterocycles. The lowest BCUT2D eigenvalue weighted by Gasteiger charge is -2.11. The number of anilines is 1. The minimum atomic E-state index is -3.87. The number of hydrogen-bond donors (Lipinski definition) is 1. The normalized spacial score (nSPS) is 11.4. The smallest absolute Gasteiger partial charge is 0.283 e. The average Bonchev–Trinajstić information content (AvgIpc) is 2.74. The lowest BCUT2D eigenvalue weighted by atomic mass is 10.1. The van der Waals surface area contributed by atoms with E-state index >= 15 is 0 Å². The summed E-state index contributed by atoms with van der Waals surface area (Å²) in [5.74, 6) is 0.0771. The summed E-state index contributed by atoms with van der Waals surface area (Å²) in [5.41, 5.74) is 7.84. The summed E-state index contributed by atoms with van der Waals surface area (Å²) in [4.78, 5) is 21.3. The molecular weight excluding hydrogens is 390 g/mol. The first-order chi connectivity index (χ1) is 13.9. The van der Waals surface area contributed by atoms with Crippen LogP contribution in [-0.4, -0.2) is 29.7 Å². The Bertz CT molecular complexity index is 1410. The molecule has 2 heterocycles. The number of benzene rings is 2. The number of nitrogens with zero attached hydrogens (tertiary/aromatic N) is 4. The molecule has 0 radical (unpaired) electrons. The van der Waals surface area contributed by atoms with E-state index < -0.39 is 10.0 Å². The molecule has 0 aliphatic carbocycles. The maximum Gasteiger partial charge on any atom is 0.283 e. The summed E-state index contributed by atoms with van der Waals surface area (Å²) in [6.07, 6.45) is 2.70. The lowest BCUT2D eigenvalue weighted by Crippen LogP contribution is -2.23. The Morgan fingerprint density at radius 3 is 2.48 bits per heavy atom. The van der Waals surface area contributed by atoms with E-state index in [1.54, 1.807) is 42.5 Å². The first-order valence-corrected chi connectivity index (χ1v) is 9.91. The van der Waals surface area contributed by atoms with Crippen LogP contribution in [0.1, 0.15) is 0 Å². The molecule has 0 saturated carbocycles. The van der Waals surface area contributed by atoms with Crippen LogP contribution < -0.4 is 11.3 Å². The van der Waals surface area contributed by atoms with Crippen LogP contribution in [0.4, 0.5) is 5.95 Å². The predicted octanol–water partition coefficient (Wildman–Crippen LogP) is 2.42. The third kappa shape index (κ3) is 3.27. The molecule has 144 valence electrons. The minimum absolute atomic E-state index is 0.0771. The summed E-state index contributed by atoms with van der Waals surface area (Å²) in [7, 11) is -3.87. The maximum atomic E-state index is 13.1. The summed E-state index contributed by atoms with van der Waals surface area (Å²) in [5, 5.41) is 0.343. The molecule has 4 rings (SSSR count). The van der Waals surface area contributed by atoms with Crippen molar-refractivity contribution in [3.8, 4) is 16.8 Å². The SMILES string of the molecule is C=NS(=O)(=O)c1cncc(-c2ccc3nc(N)n(-c4ccccc4)c(=O)c3c2)c1. The first kappa shape index (κ1) is 18.5. The zero-order valence-electron chi connectivity index (χ0n) is 15.1. The molecule has 2 aromatic heterocycles. The van der Waals surface area contributed by atoms with Gasteiger partial charge in [0.1, 0.15) is 4.90 Å². The van der Waals surface area contributed by atoms with E-state index in [0.717, 1.165) is 0 Å². The van der Waals surface area contributed by atoms with Crippen LogP contribution in [0.2, 0.25) is 0 Å². The van der Waals surface area contributed by atoms with Crippen molar-refractivity contribution < 1.29 is 8.42 Å². The highest BCUT2D eigenvalue weighted by Crippen LogP contribution is 2.25. The van der Waals surface area contributed by atoms with Crippen molar-refractivity contribution in [1.82, 2.24) is 14.5 Å². The zero-order valence-corrected chi connectivity index (χ0v) is 15.9. The quantitative estimate of drug-likeness (QED) is 0.521. The fourth-order valence-electron chi connectivity index (χ4n) is 3.00. The van der Waals surface area contributed by atoms with Crippen LogP contribution in [-0.2, 0) is 10.0 Å². The number of para-hydroxylation sites is 1. The van der Waals surface area contributed by atoms with Crippen LogP contribution >= 0.6 is 0 Å². The van der Waals surface area contributed by atoms with Gasteiger partial charge in [0.25, 0.3) is 15.6 Å². The van der Waals surface area contributed by atoms with Crippen LogP contribution in [0.15, 0.2) is 81.1 Å². The molecule has 0 unspecified atom stereocenters. The van der Waals surface area contributed by atoms with Crippen molar-refractivity contribution in [3.63, 3.8) is 0 Å². The summed E-state index contributed by atoms with van der Waals surface area (Å²) in [6.45, 7) is 3.08. The first-order valence-electron chi connectivity index (χ1n) is 8.47. The Labute approximate surface area is 166 Å². The highest BCUT2D eigenvalue weighted by molar-refractivity contribution is 7.90. The number of fused-ring (bicyclic) bond motifs is 1. The van der Waals surface area contributed by atoms with Gasteiger partial charge >= 0.3 is 0 Å². The molecule has 0 fully saturated rings. The van der Waals surface area contributed by atoms with Gasteiger partial charge in [-0.05, 0) is 35.9 Å². The van der Waals surface area contributed by atoms with E-state index in [-0.39, 0.29) is 16.4 Å². The van der Waals surface area contributed by atoms with E-state index in [1.165, 1.54) is 23.0 Å². The number of pyridine rings is 1. The van der Waals surface area contributed by atoms with Gasteiger partial charge in [-0.25, -0.2) is 9.55 Å². The molecule has 0 atom stereocenters. The molecule has 8 nitrogen and oxygen atoms in total. The van der Waals surface area contributed by atoms with Crippen molar-refractivity contribution in [2.24, 2.45) is 4.40 Å². The molecule has 0 amide bonds. The molecule has 2 aromatic carbocycles. The Balaban J connectivity index is 1.93. The Morgan fingerprint density at radius 1 is 1.00 bits per heavy atom. The summed E-state index contributed by atoms with van der Waals surface area (Å²) < 4.78 is 28.4. The van der Waals surface area contributed by atoms with Crippen LogP contribution in [0.5, 0.6) is 0 Å². The minimum Gasteiger partial charge on any atom is -0.369 e. The highest BCUT2D eigenvalue weighted by Gasteiger charge is 2.15. The van der Waals surface area contributed by atoms with Gasteiger partial charge in [-0.3, -0.25) is 9.78 Å². The van der Waals surface area contributed by atoms with Crippen molar-refractivity contribution in [2.45, 2.75) is 4.90 Å². The van der Waals surface area contributed by atoms with Gasteiger partial charge < -0.3 is 5.73 Å². The molecule has 0 spiro atoms. The topological polar surface area (TPSA) is 120 Å². The zero-order chi connectivity index (χ0) is 20.6. The predicted molar refractivity (Wildman–Crippen MR) is 112 cm³/mol. The number of sulfonamides is 1. The second-order valence-electron chi connectivity index (χ2n) is 6.19. The molecule has 9 heteroatoms. The van der Waals surface area contributed by atoms with Gasteiger partial charge in [-0.15, -0.1) is 0 Å². The molecule has 2 N–H and O–H groups in total. The molecule has 0 bridgehead atoms. The van der Waals surface area contributed by atoms with Gasteiger partial charge in [0.15, 0.2) is 0 Å². The monoisotopic (exact) mass is 405 g/mol. The third-order valence-electron chi connectivity index (χ3n) is 4.42. The molecular formula is C20H15N5O3S. The molecule has 29 heavy (non-hydrogen) atoms. The van der Waals surface area contributed by atoms with Gasteiger partial charge in [0.2, 0.25) is 5.95 Å². The Kier molecular flexibility index (Phi) is 4.44. The second-order valence-corrected chi connectivity index (χ2v) is 7.87. The number of hydrogen-bond acceptors (Lipinski definition) is 6. The van der Waals surface area contributed by atoms with Crippen molar-refractivity contribution in [3.05, 3.63) is 77.3 Å². The van der Waals surface area contributed by atoms with Crippen LogP contribution in [0, 0.1) is 0 Å². The second kappa shape index (κ2) is 6.95. The van der Waals surface area contributed by atoms with E-state index in [4.69, 9.17) is 5.73 Å². The molecule has 0 aliphatic rings. The largest absolute Gasteiger partial charge is 0.369 e. The highest BCUT2D eigenvalue weighted by atomic mass is 32.2. The van der Waals surface area contributed by atoms with Gasteiger partial charge in [0, 0.05) is 24.7 Å². The van der Waals surface area contributed by atoms with Gasteiger partial charge in [-0.2, -0.15) is 12.8 Å². The van der Waals surface area contributed by atoms with Gasteiger partial charge in [0.05, 0.1) is 16.6 Å². The fourth-order valence-corrected chi connectivity index (χ4v) is 3.62. The third-order valence-corrected chi connectivity index (χ3v) is 5.58. The van der Waals surface area contributed by atoms with Crippen LogP contribution in [0.3, 0.4) is 0 Å². The summed E-state index contributed by atoms with van der Waals surface area (Å²) >= 11 is 0. The van der Waals surface area contributed by atoms with Crippen molar-refractivity contribution >= 4 is 33.6 Å². The van der Waals surface area contributed by atoms with E-state index in [0.29, 0.717) is 27.7 Å². The summed E-state index contributed by atoms with van der Waals surface area (Å²) in [6, 6.07) is 15.4. The van der Waals surface area contributed by atoms with Crippen molar-refractivity contribution in [2.75, 3.05) is 5.73 Å². The van der Waals surface area contributed by atoms with E-state index in [9.17, 15) is 13.2 Å². The molecule has 4 aromatic rings. The number of nitrogen functional groups attached to an aromatic ring is 1. The number of rotatable bonds is 4. The van der Waals surface area contributed by atoms with E-state index in [2.05, 4.69) is 21.1 Å². The fraction of sp³-hybridized carbons (Fsp3) is 0. The van der Waals surface area contributed by atoms with E-state index in [1.807, 2.05) is 6.07 Å². The standard InChI is InChI=1S/C20H15N5O3S/c1-22-29(27,28)16-9-14(11-23-12-16)13-7-8-18-17(10-13)19(26)25(20(21)24-18)15-5-3-2-4-6-15/h2-12H,1H2,(H2,21,24). The average molecular weight is 405 g/mol. The van der Waals surface area contributed by atoms with Crippen molar-refractivity contribution in [1.29, 1.82) is 0 Å². The van der Waals surface area contributed by atoms with Gasteiger partial charge in [-0.1, -0.05) is 24.3 Å². The maximum absolute atomic E-state index is 13.1. The Morgan fingerprint density at radius 2 is 1.76 bits per heavy atom.